The maximum atomic E-state index is 5.84. The topological polar surface area (TPSA) is 21.3 Å². The van der Waals surface area contributed by atoms with Crippen LogP contribution in [-0.4, -0.2) is 24.3 Å². The number of hydrogen-bond acceptors (Lipinski definition) is 2. The van der Waals surface area contributed by atoms with Gasteiger partial charge >= 0.3 is 0 Å². The van der Waals surface area contributed by atoms with Crippen molar-refractivity contribution in [3.8, 4) is 0 Å². The maximum Gasteiger partial charge on any atom is 0.0565 e. The summed E-state index contributed by atoms with van der Waals surface area (Å²) in [5.74, 6) is 1.70. The smallest absolute Gasteiger partial charge is 0.0565 e. The van der Waals surface area contributed by atoms with Crippen LogP contribution in [0.4, 0.5) is 0 Å². The van der Waals surface area contributed by atoms with Gasteiger partial charge in [-0.2, -0.15) is 0 Å². The van der Waals surface area contributed by atoms with Crippen LogP contribution in [0.3, 0.4) is 0 Å². The van der Waals surface area contributed by atoms with Crippen LogP contribution < -0.4 is 5.32 Å². The molecule has 18 heavy (non-hydrogen) atoms. The van der Waals surface area contributed by atoms with Gasteiger partial charge in [0.25, 0.3) is 0 Å². The molecule has 4 atom stereocenters. The molecule has 2 nitrogen and oxygen atoms in total. The minimum Gasteiger partial charge on any atom is -0.375 e. The zero-order chi connectivity index (χ0) is 13.1. The van der Waals surface area contributed by atoms with Gasteiger partial charge in [-0.1, -0.05) is 26.7 Å². The van der Waals surface area contributed by atoms with Crippen LogP contribution in [0.25, 0.3) is 0 Å². The van der Waals surface area contributed by atoms with Crippen LogP contribution in [0.15, 0.2) is 0 Å². The highest BCUT2D eigenvalue weighted by atomic mass is 16.5. The van der Waals surface area contributed by atoms with E-state index in [0.717, 1.165) is 17.9 Å². The molecule has 2 heteroatoms. The van der Waals surface area contributed by atoms with Crippen molar-refractivity contribution in [2.45, 2.75) is 90.5 Å². The molecule has 1 N–H and O–H groups in total. The summed E-state index contributed by atoms with van der Waals surface area (Å²) in [6, 6.07) is 1.43. The van der Waals surface area contributed by atoms with Crippen molar-refractivity contribution in [2.24, 2.45) is 11.8 Å². The van der Waals surface area contributed by atoms with Crippen molar-refractivity contribution in [2.75, 3.05) is 0 Å². The van der Waals surface area contributed by atoms with Crippen molar-refractivity contribution in [3.05, 3.63) is 0 Å². The summed E-state index contributed by atoms with van der Waals surface area (Å²) >= 11 is 0. The molecule has 4 unspecified atom stereocenters. The molecule has 1 saturated heterocycles. The van der Waals surface area contributed by atoms with Crippen molar-refractivity contribution in [1.29, 1.82) is 0 Å². The number of nitrogens with one attached hydrogen (secondary N) is 1. The molecule has 0 aromatic heterocycles. The Morgan fingerprint density at radius 1 is 1.00 bits per heavy atom. The maximum absolute atomic E-state index is 5.84. The SMILES string of the molecule is CC1CC(NC2CCCCC2C(C)C)CC(C)O1. The molecule has 0 aromatic rings. The Kier molecular flexibility index (Phi) is 5.08. The average molecular weight is 253 g/mol. The molecule has 2 aliphatic rings. The van der Waals surface area contributed by atoms with E-state index < -0.39 is 0 Å². The highest BCUT2D eigenvalue weighted by molar-refractivity contribution is 4.88. The number of rotatable bonds is 3. The van der Waals surface area contributed by atoms with Gasteiger partial charge < -0.3 is 10.1 Å². The first-order valence-electron chi connectivity index (χ1n) is 7.97. The molecule has 0 bridgehead atoms. The molecular weight excluding hydrogens is 222 g/mol. The lowest BCUT2D eigenvalue weighted by molar-refractivity contribution is -0.0458. The lowest BCUT2D eigenvalue weighted by Crippen LogP contribution is -2.50. The summed E-state index contributed by atoms with van der Waals surface area (Å²) in [6.45, 7) is 9.20. The largest absolute Gasteiger partial charge is 0.375 e. The van der Waals surface area contributed by atoms with Gasteiger partial charge in [-0.3, -0.25) is 0 Å². The number of hydrogen-bond donors (Lipinski definition) is 1. The van der Waals surface area contributed by atoms with Crippen molar-refractivity contribution < 1.29 is 4.74 Å². The molecular formula is C16H31NO. The summed E-state index contributed by atoms with van der Waals surface area (Å²) in [5.41, 5.74) is 0. The zero-order valence-corrected chi connectivity index (χ0v) is 12.6. The predicted molar refractivity (Wildman–Crippen MR) is 76.8 cm³/mol. The predicted octanol–water partition coefficient (Wildman–Crippen LogP) is 3.75. The van der Waals surface area contributed by atoms with E-state index in [2.05, 4.69) is 33.0 Å². The van der Waals surface area contributed by atoms with E-state index in [1.165, 1.54) is 38.5 Å². The van der Waals surface area contributed by atoms with E-state index in [4.69, 9.17) is 4.74 Å². The van der Waals surface area contributed by atoms with Crippen LogP contribution >= 0.6 is 0 Å². The Hall–Kier alpha value is -0.0800. The summed E-state index contributed by atoms with van der Waals surface area (Å²) in [5, 5.41) is 3.97. The van der Waals surface area contributed by atoms with Crippen LogP contribution in [0.2, 0.25) is 0 Å². The van der Waals surface area contributed by atoms with Gasteiger partial charge in [0.2, 0.25) is 0 Å². The fraction of sp³-hybridized carbons (Fsp3) is 1.00. The van der Waals surface area contributed by atoms with Crippen molar-refractivity contribution >= 4 is 0 Å². The molecule has 0 aromatic carbocycles. The van der Waals surface area contributed by atoms with E-state index in [1.807, 2.05) is 0 Å². The minimum absolute atomic E-state index is 0.423. The first kappa shape index (κ1) is 14.3. The lowest BCUT2D eigenvalue weighted by Gasteiger charge is -2.40. The Labute approximate surface area is 113 Å². The second-order valence-electron chi connectivity index (χ2n) is 6.89. The molecule has 2 fully saturated rings. The third-order valence-electron chi connectivity index (χ3n) is 4.82. The number of ether oxygens (including phenoxy) is 1. The van der Waals surface area contributed by atoms with E-state index in [0.29, 0.717) is 18.2 Å². The molecule has 2 rings (SSSR count). The molecule has 0 amide bonds. The molecule has 1 aliphatic carbocycles. The van der Waals surface area contributed by atoms with E-state index >= 15 is 0 Å². The van der Waals surface area contributed by atoms with Crippen LogP contribution in [-0.2, 0) is 4.74 Å². The third kappa shape index (κ3) is 3.71. The second kappa shape index (κ2) is 6.38. The molecule has 1 heterocycles. The monoisotopic (exact) mass is 253 g/mol. The summed E-state index contributed by atoms with van der Waals surface area (Å²) in [7, 11) is 0. The van der Waals surface area contributed by atoms with Gasteiger partial charge in [-0.15, -0.1) is 0 Å². The Bertz CT molecular complexity index is 243. The van der Waals surface area contributed by atoms with E-state index in [-0.39, 0.29) is 0 Å². The van der Waals surface area contributed by atoms with Gasteiger partial charge in [0, 0.05) is 12.1 Å². The van der Waals surface area contributed by atoms with Gasteiger partial charge in [-0.25, -0.2) is 0 Å². The quantitative estimate of drug-likeness (QED) is 0.827. The standard InChI is InChI=1S/C16H31NO/c1-11(2)15-7-5-6-8-16(15)17-14-9-12(3)18-13(4)10-14/h11-17H,5-10H2,1-4H3. The van der Waals surface area contributed by atoms with Crippen molar-refractivity contribution in [1.82, 2.24) is 5.32 Å². The van der Waals surface area contributed by atoms with Crippen molar-refractivity contribution in [3.63, 3.8) is 0 Å². The third-order valence-corrected chi connectivity index (χ3v) is 4.82. The normalized spacial score (nSPS) is 42.2. The summed E-state index contributed by atoms with van der Waals surface area (Å²) in [6.07, 6.45) is 8.86. The fourth-order valence-corrected chi connectivity index (χ4v) is 4.01. The highest BCUT2D eigenvalue weighted by Gasteiger charge is 2.31. The lowest BCUT2D eigenvalue weighted by atomic mass is 9.77. The average Bonchev–Trinajstić information content (AvgIpc) is 2.27. The summed E-state index contributed by atoms with van der Waals surface area (Å²) < 4.78 is 5.84. The van der Waals surface area contributed by atoms with Gasteiger partial charge in [0.1, 0.15) is 0 Å². The second-order valence-corrected chi connectivity index (χ2v) is 6.89. The van der Waals surface area contributed by atoms with E-state index in [1.54, 1.807) is 0 Å². The molecule has 1 aliphatic heterocycles. The highest BCUT2D eigenvalue weighted by Crippen LogP contribution is 2.31. The van der Waals surface area contributed by atoms with Gasteiger partial charge in [0.15, 0.2) is 0 Å². The van der Waals surface area contributed by atoms with Crippen LogP contribution in [0, 0.1) is 11.8 Å². The molecule has 106 valence electrons. The molecule has 0 radical (unpaired) electrons. The Morgan fingerprint density at radius 2 is 1.61 bits per heavy atom. The fourth-order valence-electron chi connectivity index (χ4n) is 4.01. The van der Waals surface area contributed by atoms with Gasteiger partial charge in [-0.05, 0) is 51.4 Å². The minimum atomic E-state index is 0.423. The first-order valence-corrected chi connectivity index (χ1v) is 7.97. The van der Waals surface area contributed by atoms with Crippen LogP contribution in [0.1, 0.15) is 66.2 Å². The Balaban J connectivity index is 1.90. The molecule has 0 spiro atoms. The molecule has 1 saturated carbocycles. The first-order chi connectivity index (χ1) is 8.56. The van der Waals surface area contributed by atoms with Gasteiger partial charge in [0.05, 0.1) is 12.2 Å². The van der Waals surface area contributed by atoms with E-state index in [9.17, 15) is 0 Å². The Morgan fingerprint density at radius 3 is 2.22 bits per heavy atom. The summed E-state index contributed by atoms with van der Waals surface area (Å²) in [4.78, 5) is 0. The van der Waals surface area contributed by atoms with Crippen LogP contribution in [0.5, 0.6) is 0 Å². The zero-order valence-electron chi connectivity index (χ0n) is 12.6.